The molecule has 0 bridgehead atoms. The number of halogens is 2. The van der Waals surface area contributed by atoms with E-state index in [0.29, 0.717) is 5.69 Å². The van der Waals surface area contributed by atoms with Crippen molar-refractivity contribution in [3.8, 4) is 5.69 Å². The van der Waals surface area contributed by atoms with Gasteiger partial charge in [0.1, 0.15) is 5.02 Å². The molecule has 0 spiro atoms. The van der Waals surface area contributed by atoms with Crippen LogP contribution in [0.1, 0.15) is 5.69 Å². The molecule has 0 saturated carbocycles. The molecule has 0 fully saturated rings. The quantitative estimate of drug-likeness (QED) is 0.848. The molecule has 4 nitrogen and oxygen atoms in total. The SMILES string of the molecule is O=c1[nH]c(CCl)c(Cl)c(=O)n1-c1ccccc1. The Morgan fingerprint density at radius 2 is 1.82 bits per heavy atom. The summed E-state index contributed by atoms with van der Waals surface area (Å²) < 4.78 is 0.971. The zero-order valence-corrected chi connectivity index (χ0v) is 10.1. The van der Waals surface area contributed by atoms with E-state index in [2.05, 4.69) is 4.98 Å². The molecule has 0 saturated heterocycles. The average Bonchev–Trinajstić information content (AvgIpc) is 2.35. The van der Waals surface area contributed by atoms with Crippen molar-refractivity contribution in [1.29, 1.82) is 0 Å². The van der Waals surface area contributed by atoms with Crippen LogP contribution in [-0.2, 0) is 5.88 Å². The second kappa shape index (κ2) is 4.77. The lowest BCUT2D eigenvalue weighted by Crippen LogP contribution is -2.35. The number of benzene rings is 1. The highest BCUT2D eigenvalue weighted by Crippen LogP contribution is 2.10. The number of nitrogens with one attached hydrogen (secondary N) is 1. The first-order valence-electron chi connectivity index (χ1n) is 4.80. The third-order valence-corrected chi connectivity index (χ3v) is 2.92. The Kier molecular flexibility index (Phi) is 3.36. The molecule has 0 unspecified atom stereocenters. The molecule has 0 radical (unpaired) electrons. The summed E-state index contributed by atoms with van der Waals surface area (Å²) in [5.41, 5.74) is -0.434. The van der Waals surface area contributed by atoms with Crippen LogP contribution in [0.4, 0.5) is 0 Å². The Balaban J connectivity index is 2.77. The van der Waals surface area contributed by atoms with E-state index in [9.17, 15) is 9.59 Å². The molecule has 0 aliphatic heterocycles. The van der Waals surface area contributed by atoms with Gasteiger partial charge in [-0.2, -0.15) is 0 Å². The van der Waals surface area contributed by atoms with Crippen LogP contribution in [-0.4, -0.2) is 9.55 Å². The second-order valence-corrected chi connectivity index (χ2v) is 3.98. The van der Waals surface area contributed by atoms with Crippen LogP contribution < -0.4 is 11.2 Å². The minimum absolute atomic E-state index is 0.0149. The molecule has 0 atom stereocenters. The van der Waals surface area contributed by atoms with E-state index in [0.717, 1.165) is 4.57 Å². The zero-order valence-electron chi connectivity index (χ0n) is 8.61. The number of para-hydroxylation sites is 1. The highest BCUT2D eigenvalue weighted by molar-refractivity contribution is 6.31. The molecule has 88 valence electrons. The number of hydrogen-bond donors (Lipinski definition) is 1. The predicted octanol–water partition coefficient (Wildman–Crippen LogP) is 1.92. The highest BCUT2D eigenvalue weighted by Gasteiger charge is 2.12. The van der Waals surface area contributed by atoms with E-state index in [1.807, 2.05) is 0 Å². The normalized spacial score (nSPS) is 10.5. The first kappa shape index (κ1) is 12.0. The average molecular weight is 271 g/mol. The standard InChI is InChI=1S/C11H8Cl2N2O2/c12-6-8-9(13)10(16)15(11(17)14-8)7-4-2-1-3-5-7/h1-5H,6H2,(H,14,17). The summed E-state index contributed by atoms with van der Waals surface area (Å²) in [5.74, 6) is -0.0149. The number of aromatic amines is 1. The molecule has 0 aliphatic carbocycles. The molecule has 0 amide bonds. The summed E-state index contributed by atoms with van der Waals surface area (Å²) in [6.07, 6.45) is 0. The predicted molar refractivity (Wildman–Crippen MR) is 67.2 cm³/mol. The van der Waals surface area contributed by atoms with Gasteiger partial charge in [0.05, 0.1) is 17.3 Å². The van der Waals surface area contributed by atoms with E-state index in [4.69, 9.17) is 23.2 Å². The Morgan fingerprint density at radius 3 is 2.41 bits per heavy atom. The van der Waals surface area contributed by atoms with Gasteiger partial charge in [-0.1, -0.05) is 29.8 Å². The number of hydrogen-bond acceptors (Lipinski definition) is 2. The van der Waals surface area contributed by atoms with E-state index < -0.39 is 11.2 Å². The molecule has 1 aromatic carbocycles. The topological polar surface area (TPSA) is 54.9 Å². The van der Waals surface area contributed by atoms with Crippen LogP contribution in [0.2, 0.25) is 5.02 Å². The maximum atomic E-state index is 11.9. The molecule has 2 aromatic rings. The molecule has 1 heterocycles. The van der Waals surface area contributed by atoms with Crippen molar-refractivity contribution in [3.63, 3.8) is 0 Å². The van der Waals surface area contributed by atoms with Gasteiger partial charge in [0.15, 0.2) is 0 Å². The number of nitrogens with zero attached hydrogens (tertiary/aromatic N) is 1. The van der Waals surface area contributed by atoms with Crippen molar-refractivity contribution < 1.29 is 0 Å². The molecular weight excluding hydrogens is 263 g/mol. The molecule has 0 aliphatic rings. The van der Waals surface area contributed by atoms with Gasteiger partial charge >= 0.3 is 5.69 Å². The minimum Gasteiger partial charge on any atom is -0.308 e. The Hall–Kier alpha value is -1.52. The Labute approximate surface area is 106 Å². The van der Waals surface area contributed by atoms with Crippen LogP contribution in [0.5, 0.6) is 0 Å². The van der Waals surface area contributed by atoms with Crippen molar-refractivity contribution in [2.75, 3.05) is 0 Å². The lowest BCUT2D eigenvalue weighted by molar-refractivity contribution is 0.854. The molecule has 1 aromatic heterocycles. The van der Waals surface area contributed by atoms with Crippen molar-refractivity contribution in [2.24, 2.45) is 0 Å². The minimum atomic E-state index is -0.572. The van der Waals surface area contributed by atoms with E-state index in [1.54, 1.807) is 30.3 Å². The number of aromatic nitrogens is 2. The fraction of sp³-hybridized carbons (Fsp3) is 0.0909. The summed E-state index contributed by atoms with van der Waals surface area (Å²) in [7, 11) is 0. The van der Waals surface area contributed by atoms with Gasteiger partial charge in [-0.25, -0.2) is 9.36 Å². The monoisotopic (exact) mass is 270 g/mol. The van der Waals surface area contributed by atoms with Crippen molar-refractivity contribution in [2.45, 2.75) is 5.88 Å². The third kappa shape index (κ3) is 2.14. The summed E-state index contributed by atoms with van der Waals surface area (Å²) in [6, 6.07) is 8.54. The van der Waals surface area contributed by atoms with Crippen molar-refractivity contribution in [3.05, 3.63) is 61.9 Å². The summed E-state index contributed by atoms with van der Waals surface area (Å²) in [5, 5.41) is -0.0662. The number of rotatable bonds is 2. The van der Waals surface area contributed by atoms with Gasteiger partial charge in [-0.3, -0.25) is 4.79 Å². The van der Waals surface area contributed by atoms with Gasteiger partial charge in [0.2, 0.25) is 0 Å². The van der Waals surface area contributed by atoms with Gasteiger partial charge < -0.3 is 4.98 Å². The van der Waals surface area contributed by atoms with E-state index >= 15 is 0 Å². The zero-order chi connectivity index (χ0) is 12.4. The number of H-pyrrole nitrogens is 1. The first-order chi connectivity index (χ1) is 8.15. The van der Waals surface area contributed by atoms with Crippen LogP contribution in [0, 0.1) is 0 Å². The molecule has 6 heteroatoms. The van der Waals surface area contributed by atoms with Crippen molar-refractivity contribution in [1.82, 2.24) is 9.55 Å². The summed E-state index contributed by atoms with van der Waals surface area (Å²) in [6.45, 7) is 0. The van der Waals surface area contributed by atoms with Gasteiger partial charge in [-0.15, -0.1) is 11.6 Å². The molecule has 1 N–H and O–H groups in total. The van der Waals surface area contributed by atoms with Crippen LogP contribution in [0.25, 0.3) is 5.69 Å². The molecule has 2 rings (SSSR count). The lowest BCUT2D eigenvalue weighted by Gasteiger charge is -2.06. The van der Waals surface area contributed by atoms with E-state index in [1.165, 1.54) is 0 Å². The Morgan fingerprint density at radius 1 is 1.18 bits per heavy atom. The fourth-order valence-electron chi connectivity index (χ4n) is 1.46. The lowest BCUT2D eigenvalue weighted by atomic mass is 10.3. The van der Waals surface area contributed by atoms with Gasteiger partial charge in [0, 0.05) is 0 Å². The fourth-order valence-corrected chi connectivity index (χ4v) is 1.93. The molecule has 17 heavy (non-hydrogen) atoms. The maximum absolute atomic E-state index is 11.9. The van der Waals surface area contributed by atoms with Crippen LogP contribution in [0.3, 0.4) is 0 Å². The highest BCUT2D eigenvalue weighted by atomic mass is 35.5. The Bertz CT molecular complexity index is 647. The maximum Gasteiger partial charge on any atom is 0.333 e. The number of alkyl halides is 1. The third-order valence-electron chi connectivity index (χ3n) is 2.26. The smallest absolute Gasteiger partial charge is 0.308 e. The largest absolute Gasteiger partial charge is 0.333 e. The van der Waals surface area contributed by atoms with Crippen molar-refractivity contribution >= 4 is 23.2 Å². The van der Waals surface area contributed by atoms with Gasteiger partial charge in [-0.05, 0) is 12.1 Å². The van der Waals surface area contributed by atoms with Crippen LogP contribution >= 0.6 is 23.2 Å². The summed E-state index contributed by atoms with van der Waals surface area (Å²) >= 11 is 11.4. The first-order valence-corrected chi connectivity index (χ1v) is 5.71. The van der Waals surface area contributed by atoms with Gasteiger partial charge in [0.25, 0.3) is 5.56 Å². The van der Waals surface area contributed by atoms with Crippen LogP contribution in [0.15, 0.2) is 39.9 Å². The second-order valence-electron chi connectivity index (χ2n) is 3.33. The molecular formula is C11H8Cl2N2O2. The summed E-state index contributed by atoms with van der Waals surface area (Å²) in [4.78, 5) is 26.2. The van der Waals surface area contributed by atoms with E-state index in [-0.39, 0.29) is 16.6 Å².